The molecule has 0 amide bonds. The van der Waals surface area contributed by atoms with Crippen LogP contribution in [0.15, 0.2) is 0 Å². The minimum absolute atomic E-state index is 0.522. The highest BCUT2D eigenvalue weighted by molar-refractivity contribution is 4.83. The van der Waals surface area contributed by atoms with E-state index in [2.05, 4.69) is 69.2 Å². The minimum Gasteiger partial charge on any atom is -0.0651 e. The van der Waals surface area contributed by atoms with Crippen molar-refractivity contribution in [3.8, 4) is 0 Å². The van der Waals surface area contributed by atoms with Gasteiger partial charge in [0, 0.05) is 0 Å². The SMILES string of the molecule is CC1CCC(C)C(C(C)(C)C)C1.CC1CCC(C)CC1.CCC(C)C. The van der Waals surface area contributed by atoms with E-state index >= 15 is 0 Å². The molecule has 2 aliphatic carbocycles. The Bertz CT molecular complexity index is 290. The van der Waals surface area contributed by atoms with Crippen LogP contribution in [0.2, 0.25) is 0 Å². The van der Waals surface area contributed by atoms with Gasteiger partial charge in [-0.1, -0.05) is 114 Å². The van der Waals surface area contributed by atoms with Gasteiger partial charge in [-0.2, -0.15) is 0 Å². The minimum atomic E-state index is 0.522. The molecule has 2 rings (SSSR count). The van der Waals surface area contributed by atoms with E-state index in [9.17, 15) is 0 Å². The molecular formula is C25H52. The molecule has 0 saturated heterocycles. The molecule has 0 aromatic heterocycles. The Morgan fingerprint density at radius 1 is 0.720 bits per heavy atom. The smallest absolute Gasteiger partial charge is 0.0337 e. The topological polar surface area (TPSA) is 0 Å². The lowest BCUT2D eigenvalue weighted by Crippen LogP contribution is -2.32. The quantitative estimate of drug-likeness (QED) is 0.441. The van der Waals surface area contributed by atoms with Gasteiger partial charge >= 0.3 is 0 Å². The van der Waals surface area contributed by atoms with Crippen molar-refractivity contribution in [2.75, 3.05) is 0 Å². The monoisotopic (exact) mass is 352 g/mol. The van der Waals surface area contributed by atoms with E-state index in [1.165, 1.54) is 51.4 Å². The summed E-state index contributed by atoms with van der Waals surface area (Å²) in [6, 6.07) is 0. The van der Waals surface area contributed by atoms with Crippen molar-refractivity contribution in [2.24, 2.45) is 40.9 Å². The Balaban J connectivity index is 0.000000382. The van der Waals surface area contributed by atoms with Gasteiger partial charge < -0.3 is 0 Å². The van der Waals surface area contributed by atoms with Gasteiger partial charge in [0.15, 0.2) is 0 Å². The van der Waals surface area contributed by atoms with Crippen LogP contribution in [0.25, 0.3) is 0 Å². The zero-order valence-corrected chi connectivity index (χ0v) is 19.6. The van der Waals surface area contributed by atoms with E-state index in [-0.39, 0.29) is 0 Å². The van der Waals surface area contributed by atoms with Crippen molar-refractivity contribution < 1.29 is 0 Å². The first-order valence-corrected chi connectivity index (χ1v) is 11.5. The normalized spacial score (nSPS) is 33.0. The van der Waals surface area contributed by atoms with Gasteiger partial charge in [0.2, 0.25) is 0 Å². The van der Waals surface area contributed by atoms with Crippen LogP contribution < -0.4 is 0 Å². The van der Waals surface area contributed by atoms with Crippen molar-refractivity contribution >= 4 is 0 Å². The van der Waals surface area contributed by atoms with Gasteiger partial charge in [-0.3, -0.25) is 0 Å². The summed E-state index contributed by atoms with van der Waals surface area (Å²) in [7, 11) is 0. The molecule has 25 heavy (non-hydrogen) atoms. The molecule has 0 nitrogen and oxygen atoms in total. The third-order valence-corrected chi connectivity index (χ3v) is 6.69. The maximum absolute atomic E-state index is 2.43. The zero-order chi connectivity index (χ0) is 19.6. The van der Waals surface area contributed by atoms with Crippen molar-refractivity contribution in [2.45, 2.75) is 121 Å². The third kappa shape index (κ3) is 12.1. The molecule has 3 unspecified atom stereocenters. The molecule has 0 heterocycles. The third-order valence-electron chi connectivity index (χ3n) is 6.69. The lowest BCUT2D eigenvalue weighted by molar-refractivity contribution is 0.0916. The van der Waals surface area contributed by atoms with Crippen LogP contribution in [-0.4, -0.2) is 0 Å². The largest absolute Gasteiger partial charge is 0.0651 e. The molecule has 0 aromatic rings. The summed E-state index contributed by atoms with van der Waals surface area (Å²) in [4.78, 5) is 0. The number of rotatable bonds is 1. The molecule has 0 spiro atoms. The van der Waals surface area contributed by atoms with Crippen molar-refractivity contribution in [3.05, 3.63) is 0 Å². The highest BCUT2D eigenvalue weighted by Gasteiger charge is 2.33. The molecule has 152 valence electrons. The van der Waals surface area contributed by atoms with Crippen LogP contribution in [0.5, 0.6) is 0 Å². The molecule has 0 bridgehead atoms. The second kappa shape index (κ2) is 12.4. The van der Waals surface area contributed by atoms with Gasteiger partial charge in [-0.25, -0.2) is 0 Å². The lowest BCUT2D eigenvalue weighted by Gasteiger charge is -2.41. The van der Waals surface area contributed by atoms with E-state index in [1.807, 2.05) is 0 Å². The van der Waals surface area contributed by atoms with E-state index in [1.54, 1.807) is 0 Å². The Kier molecular flexibility index (Phi) is 12.4. The standard InChI is InChI=1S/C12H24.C8H16.C5H12/c1-9-6-7-10(2)11(8-9)12(3,4)5;1-7-3-5-8(2)6-4-7;1-4-5(2)3/h9-11H,6-8H2,1-5H3;7-8H,3-6H2,1-2H3;5H,4H2,1-3H3. The molecular weight excluding hydrogens is 300 g/mol. The van der Waals surface area contributed by atoms with Crippen molar-refractivity contribution in [3.63, 3.8) is 0 Å². The van der Waals surface area contributed by atoms with E-state index in [0.29, 0.717) is 5.41 Å². The summed E-state index contributed by atoms with van der Waals surface area (Å²) < 4.78 is 0. The van der Waals surface area contributed by atoms with E-state index < -0.39 is 0 Å². The van der Waals surface area contributed by atoms with E-state index in [4.69, 9.17) is 0 Å². The fourth-order valence-electron chi connectivity index (χ4n) is 4.17. The average Bonchev–Trinajstić information content (AvgIpc) is 2.53. The molecule has 0 heteroatoms. The lowest BCUT2D eigenvalue weighted by atomic mass is 9.64. The summed E-state index contributed by atoms with van der Waals surface area (Å²) >= 11 is 0. The van der Waals surface area contributed by atoms with Crippen LogP contribution in [0.3, 0.4) is 0 Å². The summed E-state index contributed by atoms with van der Waals surface area (Å²) in [6.07, 6.45) is 11.5. The first kappa shape index (κ1) is 25.0. The maximum atomic E-state index is 2.43. The Morgan fingerprint density at radius 2 is 1.08 bits per heavy atom. The predicted octanol–water partition coefficient (Wildman–Crippen LogP) is 8.99. The van der Waals surface area contributed by atoms with Crippen molar-refractivity contribution in [1.29, 1.82) is 0 Å². The maximum Gasteiger partial charge on any atom is -0.0337 e. The number of hydrogen-bond acceptors (Lipinski definition) is 0. The van der Waals surface area contributed by atoms with Crippen LogP contribution in [0, 0.1) is 40.9 Å². The Hall–Kier alpha value is 0. The van der Waals surface area contributed by atoms with Crippen LogP contribution in [0.4, 0.5) is 0 Å². The summed E-state index contributed by atoms with van der Waals surface area (Å²) in [5.41, 5.74) is 0.522. The molecule has 0 radical (unpaired) electrons. The van der Waals surface area contributed by atoms with Crippen LogP contribution in [0.1, 0.15) is 121 Å². The fraction of sp³-hybridized carbons (Fsp3) is 1.00. The zero-order valence-electron chi connectivity index (χ0n) is 19.6. The highest BCUT2D eigenvalue weighted by Crippen LogP contribution is 2.43. The first-order valence-electron chi connectivity index (χ1n) is 11.5. The van der Waals surface area contributed by atoms with Crippen molar-refractivity contribution in [1.82, 2.24) is 0 Å². The molecule has 0 aliphatic heterocycles. The van der Waals surface area contributed by atoms with Crippen LogP contribution >= 0.6 is 0 Å². The average molecular weight is 353 g/mol. The van der Waals surface area contributed by atoms with Gasteiger partial charge in [-0.05, 0) is 47.3 Å². The van der Waals surface area contributed by atoms with Crippen LogP contribution in [-0.2, 0) is 0 Å². The van der Waals surface area contributed by atoms with Gasteiger partial charge in [0.1, 0.15) is 0 Å². The second-order valence-electron chi connectivity index (χ2n) is 11.0. The molecule has 3 atom stereocenters. The second-order valence-corrected chi connectivity index (χ2v) is 11.0. The summed E-state index contributed by atoms with van der Waals surface area (Å²) in [5, 5.41) is 0. The number of hydrogen-bond donors (Lipinski definition) is 0. The first-order chi connectivity index (χ1) is 11.5. The molecule has 2 aliphatic rings. The highest BCUT2D eigenvalue weighted by atomic mass is 14.4. The predicted molar refractivity (Wildman–Crippen MR) is 117 cm³/mol. The van der Waals surface area contributed by atoms with Gasteiger partial charge in [0.05, 0.1) is 0 Å². The molecule has 2 saturated carbocycles. The summed E-state index contributed by atoms with van der Waals surface area (Å²) in [5.74, 6) is 5.78. The summed E-state index contributed by atoms with van der Waals surface area (Å²) in [6.45, 7) is 23.4. The Labute approximate surface area is 161 Å². The molecule has 0 aromatic carbocycles. The van der Waals surface area contributed by atoms with E-state index in [0.717, 1.165) is 35.5 Å². The molecule has 0 N–H and O–H groups in total. The Morgan fingerprint density at radius 3 is 1.36 bits per heavy atom. The molecule has 2 fully saturated rings. The fourth-order valence-corrected chi connectivity index (χ4v) is 4.17. The van der Waals surface area contributed by atoms with Gasteiger partial charge in [-0.15, -0.1) is 0 Å². The van der Waals surface area contributed by atoms with Gasteiger partial charge in [0.25, 0.3) is 0 Å².